The van der Waals surface area contributed by atoms with Crippen molar-refractivity contribution in [2.24, 2.45) is 0 Å². The first-order valence-corrected chi connectivity index (χ1v) is 32.3. The Kier molecular flexibility index (Phi) is 59.6. The largest absolute Gasteiger partial charge is 0.462 e. The quantitative estimate of drug-likeness (QED) is 0.0261. The van der Waals surface area contributed by atoms with E-state index < -0.39 is 6.10 Å². The number of esters is 3. The summed E-state index contributed by atoms with van der Waals surface area (Å²) in [5, 5.41) is 0. The molecule has 0 aromatic carbocycles. The fraction of sp³-hybridized carbons (Fsp3) is 0.894. The number of rotatable bonds is 60. The molecule has 0 aliphatic heterocycles. The first-order chi connectivity index (χ1) is 35.5. The summed E-state index contributed by atoms with van der Waals surface area (Å²) in [4.78, 5) is 38.1. The summed E-state index contributed by atoms with van der Waals surface area (Å²) < 4.78 is 16.9. The fourth-order valence-corrected chi connectivity index (χ4v) is 9.79. The van der Waals surface area contributed by atoms with Crippen molar-refractivity contribution in [1.82, 2.24) is 0 Å². The van der Waals surface area contributed by atoms with Gasteiger partial charge in [-0.2, -0.15) is 0 Å². The lowest BCUT2D eigenvalue weighted by Crippen LogP contribution is -2.30. The minimum absolute atomic E-state index is 0.0691. The van der Waals surface area contributed by atoms with Crippen LogP contribution in [0, 0.1) is 0 Å². The van der Waals surface area contributed by atoms with Crippen LogP contribution in [0.3, 0.4) is 0 Å². The van der Waals surface area contributed by atoms with Crippen LogP contribution in [0.25, 0.3) is 0 Å². The molecule has 0 heterocycles. The number of unbranched alkanes of at least 4 members (excludes halogenated alkanes) is 45. The number of carbonyl (C=O) groups excluding carboxylic acids is 3. The Hall–Kier alpha value is -2.11. The third kappa shape index (κ3) is 58.8. The molecule has 0 aliphatic rings. The highest BCUT2D eigenvalue weighted by Gasteiger charge is 2.19. The van der Waals surface area contributed by atoms with E-state index in [2.05, 4.69) is 45.1 Å². The molecule has 0 fully saturated rings. The maximum absolute atomic E-state index is 12.8. The second-order valence-corrected chi connectivity index (χ2v) is 22.0. The van der Waals surface area contributed by atoms with Gasteiger partial charge < -0.3 is 14.2 Å². The zero-order valence-corrected chi connectivity index (χ0v) is 48.7. The van der Waals surface area contributed by atoms with Gasteiger partial charge in [-0.1, -0.05) is 295 Å². The average Bonchev–Trinajstić information content (AvgIpc) is 3.38. The number of ether oxygens (including phenoxy) is 3. The van der Waals surface area contributed by atoms with Gasteiger partial charge in [-0.25, -0.2) is 0 Å². The van der Waals surface area contributed by atoms with Crippen LogP contribution < -0.4 is 0 Å². The van der Waals surface area contributed by atoms with Crippen molar-refractivity contribution in [3.63, 3.8) is 0 Å². The van der Waals surface area contributed by atoms with Crippen LogP contribution in [0.15, 0.2) is 24.3 Å². The highest BCUT2D eigenvalue weighted by atomic mass is 16.6. The van der Waals surface area contributed by atoms with Crippen LogP contribution in [0.2, 0.25) is 0 Å². The normalized spacial score (nSPS) is 12.1. The molecule has 0 radical (unpaired) electrons. The van der Waals surface area contributed by atoms with Gasteiger partial charge in [-0.15, -0.1) is 0 Å². The van der Waals surface area contributed by atoms with Crippen LogP contribution >= 0.6 is 0 Å². The molecule has 0 spiro atoms. The second-order valence-electron chi connectivity index (χ2n) is 22.0. The lowest BCUT2D eigenvalue weighted by Gasteiger charge is -2.18. The molecule has 72 heavy (non-hydrogen) atoms. The van der Waals surface area contributed by atoms with E-state index in [-0.39, 0.29) is 31.1 Å². The lowest BCUT2D eigenvalue weighted by molar-refractivity contribution is -0.167. The molecule has 0 aromatic rings. The van der Waals surface area contributed by atoms with Gasteiger partial charge >= 0.3 is 17.9 Å². The number of hydrogen-bond acceptors (Lipinski definition) is 6. The standard InChI is InChI=1S/C66H124O6/c1-4-7-10-13-16-19-22-24-25-26-27-28-29-30-31-32-33-34-35-36-37-38-39-40-41-42-45-47-50-53-56-59-65(68)71-62-63(61-70-64(67)58-55-52-49-46-43-21-18-15-12-9-6-3)72-66(69)60-57-54-51-48-44-23-20-17-14-11-8-5-2/h17,20,26-27,63H,4-16,18-19,21-25,28-62H2,1-3H3/b20-17-,27-26-. The Morgan fingerprint density at radius 2 is 0.458 bits per heavy atom. The summed E-state index contributed by atoms with van der Waals surface area (Å²) in [6, 6.07) is 0. The predicted octanol–water partition coefficient (Wildman–Crippen LogP) is 21.8. The number of hydrogen-bond donors (Lipinski definition) is 0. The van der Waals surface area contributed by atoms with E-state index in [1.807, 2.05) is 0 Å². The van der Waals surface area contributed by atoms with Crippen molar-refractivity contribution in [2.45, 2.75) is 367 Å². The van der Waals surface area contributed by atoms with E-state index in [4.69, 9.17) is 14.2 Å². The number of carbonyl (C=O) groups is 3. The SMILES string of the molecule is CCCCC/C=C\CCCCCCCC(=O)OC(COC(=O)CCCCCCCCCCCCC)COC(=O)CCCCCCCCCCCCCCCCCCCCC/C=C\CCCCCCCCCC. The molecule has 0 aromatic heterocycles. The first kappa shape index (κ1) is 69.9. The molecule has 1 unspecified atom stereocenters. The van der Waals surface area contributed by atoms with Crippen LogP contribution in [0.4, 0.5) is 0 Å². The summed E-state index contributed by atoms with van der Waals surface area (Å²) in [6.45, 7) is 6.65. The summed E-state index contributed by atoms with van der Waals surface area (Å²) in [6.07, 6.45) is 73.6. The molecule has 0 aliphatic carbocycles. The second kappa shape index (κ2) is 61.4. The van der Waals surface area contributed by atoms with E-state index in [1.54, 1.807) is 0 Å². The van der Waals surface area contributed by atoms with Gasteiger partial charge in [0.25, 0.3) is 0 Å². The molecule has 0 bridgehead atoms. The topological polar surface area (TPSA) is 78.9 Å². The molecule has 424 valence electrons. The predicted molar refractivity (Wildman–Crippen MR) is 312 cm³/mol. The molecule has 6 heteroatoms. The van der Waals surface area contributed by atoms with E-state index in [0.29, 0.717) is 19.3 Å². The van der Waals surface area contributed by atoms with Crippen LogP contribution in [-0.4, -0.2) is 37.2 Å². The van der Waals surface area contributed by atoms with E-state index in [9.17, 15) is 14.4 Å². The molecular formula is C66H124O6. The summed E-state index contributed by atoms with van der Waals surface area (Å²) in [7, 11) is 0. The molecule has 6 nitrogen and oxygen atoms in total. The first-order valence-electron chi connectivity index (χ1n) is 32.3. The Morgan fingerprint density at radius 3 is 0.722 bits per heavy atom. The lowest BCUT2D eigenvalue weighted by atomic mass is 10.0. The van der Waals surface area contributed by atoms with Gasteiger partial charge in [-0.3, -0.25) is 14.4 Å². The monoisotopic (exact) mass is 1010 g/mol. The van der Waals surface area contributed by atoms with Gasteiger partial charge in [0.05, 0.1) is 0 Å². The van der Waals surface area contributed by atoms with Gasteiger partial charge in [0.1, 0.15) is 13.2 Å². The van der Waals surface area contributed by atoms with Crippen molar-refractivity contribution < 1.29 is 28.6 Å². The van der Waals surface area contributed by atoms with Gasteiger partial charge in [0.2, 0.25) is 0 Å². The average molecular weight is 1010 g/mol. The molecule has 0 saturated heterocycles. The van der Waals surface area contributed by atoms with Crippen molar-refractivity contribution in [1.29, 1.82) is 0 Å². The van der Waals surface area contributed by atoms with Gasteiger partial charge in [0, 0.05) is 19.3 Å². The zero-order chi connectivity index (χ0) is 52.2. The smallest absolute Gasteiger partial charge is 0.306 e. The molecule has 0 saturated carbocycles. The fourth-order valence-electron chi connectivity index (χ4n) is 9.79. The molecule has 0 rings (SSSR count). The van der Waals surface area contributed by atoms with Crippen LogP contribution in [0.5, 0.6) is 0 Å². The van der Waals surface area contributed by atoms with Crippen molar-refractivity contribution in [3.8, 4) is 0 Å². The van der Waals surface area contributed by atoms with Crippen molar-refractivity contribution in [3.05, 3.63) is 24.3 Å². The maximum atomic E-state index is 12.8. The van der Waals surface area contributed by atoms with Gasteiger partial charge in [0.15, 0.2) is 6.10 Å². The Balaban J connectivity index is 4.03. The summed E-state index contributed by atoms with van der Waals surface area (Å²) in [5.74, 6) is -0.857. The Morgan fingerprint density at radius 1 is 0.264 bits per heavy atom. The number of allylic oxidation sites excluding steroid dienone is 4. The van der Waals surface area contributed by atoms with E-state index >= 15 is 0 Å². The van der Waals surface area contributed by atoms with E-state index in [0.717, 1.165) is 64.2 Å². The van der Waals surface area contributed by atoms with Crippen LogP contribution in [0.1, 0.15) is 361 Å². The summed E-state index contributed by atoms with van der Waals surface area (Å²) in [5.41, 5.74) is 0. The molecule has 1 atom stereocenters. The minimum Gasteiger partial charge on any atom is -0.462 e. The molecule has 0 N–H and O–H groups in total. The third-order valence-corrected chi connectivity index (χ3v) is 14.7. The third-order valence-electron chi connectivity index (χ3n) is 14.7. The Bertz CT molecular complexity index is 1160. The zero-order valence-electron chi connectivity index (χ0n) is 48.7. The highest BCUT2D eigenvalue weighted by molar-refractivity contribution is 5.71. The molecule has 0 amide bonds. The maximum Gasteiger partial charge on any atom is 0.306 e. The summed E-state index contributed by atoms with van der Waals surface area (Å²) >= 11 is 0. The molecular weight excluding hydrogens is 889 g/mol. The minimum atomic E-state index is -0.770. The van der Waals surface area contributed by atoms with Crippen molar-refractivity contribution >= 4 is 17.9 Å². The van der Waals surface area contributed by atoms with E-state index in [1.165, 1.54) is 257 Å². The van der Waals surface area contributed by atoms with Crippen LogP contribution in [-0.2, 0) is 28.6 Å². The van der Waals surface area contributed by atoms with Gasteiger partial charge in [-0.05, 0) is 70.6 Å². The Labute approximate surface area is 449 Å². The van der Waals surface area contributed by atoms with Crippen molar-refractivity contribution in [2.75, 3.05) is 13.2 Å². The highest BCUT2D eigenvalue weighted by Crippen LogP contribution is 2.18.